The first-order chi connectivity index (χ1) is 31.2. The van der Waals surface area contributed by atoms with Gasteiger partial charge in [0.1, 0.15) is 0 Å². The number of allylic oxidation sites excluding steroid dienone is 3. The van der Waals surface area contributed by atoms with Crippen LogP contribution < -0.4 is 9.80 Å². The van der Waals surface area contributed by atoms with Gasteiger partial charge >= 0.3 is 0 Å². The smallest absolute Gasteiger partial charge is 0.164 e. The molecule has 0 N–H and O–H groups in total. The van der Waals surface area contributed by atoms with E-state index in [0.29, 0.717) is 17.5 Å². The van der Waals surface area contributed by atoms with Gasteiger partial charge in [-0.3, -0.25) is 0 Å². The van der Waals surface area contributed by atoms with Gasteiger partial charge in [-0.2, -0.15) is 0 Å². The Morgan fingerprint density at radius 3 is 1.22 bits per heavy atom. The van der Waals surface area contributed by atoms with Gasteiger partial charge in [0.05, 0.1) is 11.0 Å². The molecule has 0 saturated carbocycles. The zero-order valence-corrected chi connectivity index (χ0v) is 34.5. The molecule has 0 atom stereocenters. The lowest BCUT2D eigenvalue weighted by Gasteiger charge is -2.27. The average Bonchev–Trinajstić information content (AvgIpc) is 3.69. The standard InChI is InChI=1S/C57H42N6/c1-7-19-41(20-8-1)55-58-56(42-21-9-2-10-22-42)60-57(59-55)43-31-33-48(34-32-43)63-53-37-35-49(61(44-23-11-3-12-24-44)45-25-13-4-14-26-45)39-51(53)52-40-50(36-38-54(52)63)62(46-27-15-5-16-28-46)47-29-17-6-18-30-47/h1-5,7-17,19-40H,6,18H2. The van der Waals surface area contributed by atoms with Gasteiger partial charge in [-0.15, -0.1) is 0 Å². The molecule has 300 valence electrons. The number of para-hydroxylation sites is 3. The summed E-state index contributed by atoms with van der Waals surface area (Å²) >= 11 is 0. The summed E-state index contributed by atoms with van der Waals surface area (Å²) in [5.41, 5.74) is 12.7. The van der Waals surface area contributed by atoms with Crippen LogP contribution >= 0.6 is 0 Å². The highest BCUT2D eigenvalue weighted by atomic mass is 15.2. The van der Waals surface area contributed by atoms with Crippen molar-refractivity contribution < 1.29 is 0 Å². The van der Waals surface area contributed by atoms with Crippen molar-refractivity contribution in [2.24, 2.45) is 0 Å². The molecule has 2 aromatic heterocycles. The lowest BCUT2D eigenvalue weighted by Crippen LogP contribution is -2.16. The van der Waals surface area contributed by atoms with Crippen LogP contribution in [-0.4, -0.2) is 19.5 Å². The van der Waals surface area contributed by atoms with Crippen molar-refractivity contribution >= 4 is 50.2 Å². The Morgan fingerprint density at radius 1 is 0.365 bits per heavy atom. The van der Waals surface area contributed by atoms with Gasteiger partial charge < -0.3 is 14.4 Å². The number of rotatable bonds is 10. The minimum Gasteiger partial charge on any atom is -0.311 e. The van der Waals surface area contributed by atoms with E-state index in [0.717, 1.165) is 85.5 Å². The fourth-order valence-corrected chi connectivity index (χ4v) is 8.64. The van der Waals surface area contributed by atoms with Gasteiger partial charge in [0.15, 0.2) is 17.5 Å². The second-order valence-corrected chi connectivity index (χ2v) is 15.6. The molecule has 0 aliphatic heterocycles. The summed E-state index contributed by atoms with van der Waals surface area (Å²) in [6.45, 7) is 0. The zero-order chi connectivity index (χ0) is 42.0. The number of aromatic nitrogens is 4. The Kier molecular flexibility index (Phi) is 9.92. The maximum atomic E-state index is 5.01. The van der Waals surface area contributed by atoms with Crippen molar-refractivity contribution in [3.63, 3.8) is 0 Å². The molecule has 10 aromatic rings. The number of hydrogen-bond acceptors (Lipinski definition) is 5. The second-order valence-electron chi connectivity index (χ2n) is 15.6. The first-order valence-electron chi connectivity index (χ1n) is 21.4. The van der Waals surface area contributed by atoms with E-state index in [1.54, 1.807) is 0 Å². The van der Waals surface area contributed by atoms with E-state index in [1.165, 1.54) is 5.70 Å². The lowest BCUT2D eigenvalue weighted by atomic mass is 10.1. The van der Waals surface area contributed by atoms with Crippen molar-refractivity contribution in [3.05, 3.63) is 236 Å². The maximum absolute atomic E-state index is 5.01. The minimum atomic E-state index is 0.625. The summed E-state index contributed by atoms with van der Waals surface area (Å²) < 4.78 is 2.38. The van der Waals surface area contributed by atoms with Crippen LogP contribution in [0.4, 0.5) is 28.4 Å². The molecule has 1 aliphatic carbocycles. The fraction of sp³-hybridized carbons (Fsp3) is 0.0351. The largest absolute Gasteiger partial charge is 0.311 e. The maximum Gasteiger partial charge on any atom is 0.164 e. The average molecular weight is 811 g/mol. The van der Waals surface area contributed by atoms with Crippen LogP contribution in [0.1, 0.15) is 12.8 Å². The Balaban J connectivity index is 1.08. The van der Waals surface area contributed by atoms with Crippen LogP contribution in [0.25, 0.3) is 61.7 Å². The molecule has 0 bridgehead atoms. The Morgan fingerprint density at radius 2 is 0.778 bits per heavy atom. The van der Waals surface area contributed by atoms with E-state index in [1.807, 2.05) is 60.7 Å². The first kappa shape index (κ1) is 37.6. The summed E-state index contributed by atoms with van der Waals surface area (Å²) in [6.07, 6.45) is 8.93. The molecule has 11 rings (SSSR count). The summed E-state index contributed by atoms with van der Waals surface area (Å²) in [4.78, 5) is 19.6. The van der Waals surface area contributed by atoms with Crippen molar-refractivity contribution in [3.8, 4) is 39.9 Å². The molecule has 6 nitrogen and oxygen atoms in total. The highest BCUT2D eigenvalue weighted by Gasteiger charge is 2.21. The molecule has 8 aromatic carbocycles. The third-order valence-electron chi connectivity index (χ3n) is 11.6. The van der Waals surface area contributed by atoms with E-state index >= 15 is 0 Å². The van der Waals surface area contributed by atoms with Crippen LogP contribution in [0, 0.1) is 0 Å². The Labute approximate surface area is 367 Å². The van der Waals surface area contributed by atoms with Crippen molar-refractivity contribution in [2.75, 3.05) is 9.80 Å². The number of benzene rings is 8. The summed E-state index contributed by atoms with van der Waals surface area (Å²) in [5, 5.41) is 2.32. The lowest BCUT2D eigenvalue weighted by molar-refractivity contribution is 0.997. The molecular weight excluding hydrogens is 769 g/mol. The van der Waals surface area contributed by atoms with Gasteiger partial charge in [-0.05, 0) is 116 Å². The molecule has 0 fully saturated rings. The van der Waals surface area contributed by atoms with Gasteiger partial charge in [0.2, 0.25) is 0 Å². The molecule has 0 saturated heterocycles. The summed E-state index contributed by atoms with van der Waals surface area (Å²) in [5.74, 6) is 1.91. The Hall–Kier alpha value is -8.35. The van der Waals surface area contributed by atoms with E-state index < -0.39 is 0 Å². The van der Waals surface area contributed by atoms with Gasteiger partial charge in [-0.25, -0.2) is 15.0 Å². The van der Waals surface area contributed by atoms with Crippen molar-refractivity contribution in [1.82, 2.24) is 19.5 Å². The summed E-state index contributed by atoms with van der Waals surface area (Å²) in [7, 11) is 0. The van der Waals surface area contributed by atoms with Crippen molar-refractivity contribution in [2.45, 2.75) is 12.8 Å². The van der Waals surface area contributed by atoms with Crippen LogP contribution in [0.3, 0.4) is 0 Å². The van der Waals surface area contributed by atoms with E-state index in [2.05, 4.69) is 184 Å². The topological polar surface area (TPSA) is 50.1 Å². The fourth-order valence-electron chi connectivity index (χ4n) is 8.64. The highest BCUT2D eigenvalue weighted by Crippen LogP contribution is 2.42. The number of anilines is 5. The molecule has 2 heterocycles. The second kappa shape index (κ2) is 16.6. The predicted molar refractivity (Wildman–Crippen MR) is 260 cm³/mol. The molecule has 0 spiro atoms. The number of nitrogens with zero attached hydrogens (tertiary/aromatic N) is 6. The van der Waals surface area contributed by atoms with Gasteiger partial charge in [-0.1, -0.05) is 127 Å². The molecule has 0 amide bonds. The number of fused-ring (bicyclic) bond motifs is 3. The molecule has 0 unspecified atom stereocenters. The third-order valence-corrected chi connectivity index (χ3v) is 11.6. The molecule has 0 radical (unpaired) electrons. The SMILES string of the molecule is C1=CC(N(c2ccccc2)c2ccc3c(c2)c2cc(N(c4ccccc4)c4ccccc4)ccc2n3-c2ccc(-c3nc(-c4ccccc4)nc(-c4ccccc4)n3)cc2)=CCC1. The van der Waals surface area contributed by atoms with E-state index in [9.17, 15) is 0 Å². The molecule has 1 aliphatic rings. The highest BCUT2D eigenvalue weighted by molar-refractivity contribution is 6.12. The van der Waals surface area contributed by atoms with Gasteiger partial charge in [0, 0.05) is 67.3 Å². The van der Waals surface area contributed by atoms with Gasteiger partial charge in [0.25, 0.3) is 0 Å². The monoisotopic (exact) mass is 810 g/mol. The predicted octanol–water partition coefficient (Wildman–Crippen LogP) is 14.8. The third kappa shape index (κ3) is 7.34. The normalized spacial score (nSPS) is 12.3. The van der Waals surface area contributed by atoms with Crippen LogP contribution in [0.5, 0.6) is 0 Å². The minimum absolute atomic E-state index is 0.625. The number of hydrogen-bond donors (Lipinski definition) is 0. The summed E-state index contributed by atoms with van der Waals surface area (Å²) in [6, 6.07) is 74.4. The zero-order valence-electron chi connectivity index (χ0n) is 34.5. The quantitative estimate of drug-likeness (QED) is 0.138. The van der Waals surface area contributed by atoms with Crippen LogP contribution in [0.15, 0.2) is 236 Å². The Bertz CT molecular complexity index is 3160. The first-order valence-corrected chi connectivity index (χ1v) is 21.4. The van der Waals surface area contributed by atoms with Crippen LogP contribution in [-0.2, 0) is 0 Å². The molecule has 6 heteroatoms. The van der Waals surface area contributed by atoms with E-state index in [-0.39, 0.29) is 0 Å². The molecular formula is C57H42N6. The van der Waals surface area contributed by atoms with Crippen LogP contribution in [0.2, 0.25) is 0 Å². The van der Waals surface area contributed by atoms with E-state index in [4.69, 9.17) is 15.0 Å². The molecule has 63 heavy (non-hydrogen) atoms. The van der Waals surface area contributed by atoms with Crippen molar-refractivity contribution in [1.29, 1.82) is 0 Å².